The van der Waals surface area contributed by atoms with E-state index < -0.39 is 0 Å². The van der Waals surface area contributed by atoms with Crippen molar-refractivity contribution in [2.24, 2.45) is 0 Å². The second kappa shape index (κ2) is 8.15. The molecule has 3 aromatic rings. The number of benzene rings is 2. The molecule has 0 aliphatic carbocycles. The predicted octanol–water partition coefficient (Wildman–Crippen LogP) is 4.80. The summed E-state index contributed by atoms with van der Waals surface area (Å²) in [5, 5.41) is 12.2. The maximum atomic E-state index is 12.1. The lowest BCUT2D eigenvalue weighted by molar-refractivity contribution is -0.113. The van der Waals surface area contributed by atoms with E-state index in [1.54, 1.807) is 0 Å². The molecule has 0 fully saturated rings. The lowest BCUT2D eigenvalue weighted by Gasteiger charge is -2.07. The fraction of sp³-hybridized carbons (Fsp3) is 0.190. The van der Waals surface area contributed by atoms with Crippen LogP contribution in [0.3, 0.4) is 0 Å². The molecule has 26 heavy (non-hydrogen) atoms. The molecule has 3 rings (SSSR count). The Kier molecular flexibility index (Phi) is 5.68. The van der Waals surface area contributed by atoms with Gasteiger partial charge in [0.15, 0.2) is 0 Å². The molecule has 1 heterocycles. The monoisotopic (exact) mass is 363 g/mol. The molecular weight excluding hydrogens is 342 g/mol. The van der Waals surface area contributed by atoms with E-state index in [0.29, 0.717) is 5.75 Å². The van der Waals surface area contributed by atoms with Gasteiger partial charge in [-0.1, -0.05) is 47.7 Å². The summed E-state index contributed by atoms with van der Waals surface area (Å²) < 4.78 is 0. The number of carbonyl (C=O) groups excluding carboxylic acids is 1. The van der Waals surface area contributed by atoms with Crippen LogP contribution in [-0.4, -0.2) is 21.9 Å². The number of amides is 1. The van der Waals surface area contributed by atoms with Gasteiger partial charge in [0.05, 0.1) is 11.4 Å². The predicted molar refractivity (Wildman–Crippen MR) is 107 cm³/mol. The van der Waals surface area contributed by atoms with E-state index in [-0.39, 0.29) is 5.91 Å². The van der Waals surface area contributed by atoms with E-state index in [9.17, 15) is 4.79 Å². The van der Waals surface area contributed by atoms with E-state index in [2.05, 4.69) is 47.6 Å². The number of aryl methyl sites for hydroxylation is 3. The highest BCUT2D eigenvalue weighted by Crippen LogP contribution is 2.23. The van der Waals surface area contributed by atoms with Crippen molar-refractivity contribution in [3.8, 4) is 11.3 Å². The Balaban J connectivity index is 1.60. The molecule has 1 N–H and O–H groups in total. The largest absolute Gasteiger partial charge is 0.325 e. The number of hydrogen-bond acceptors (Lipinski definition) is 4. The fourth-order valence-electron chi connectivity index (χ4n) is 2.70. The van der Waals surface area contributed by atoms with Crippen molar-refractivity contribution in [2.45, 2.75) is 25.8 Å². The van der Waals surface area contributed by atoms with Gasteiger partial charge in [0.1, 0.15) is 5.03 Å². The normalized spacial score (nSPS) is 10.6. The first kappa shape index (κ1) is 18.1. The van der Waals surface area contributed by atoms with Crippen LogP contribution in [-0.2, 0) is 4.79 Å². The highest BCUT2D eigenvalue weighted by Gasteiger charge is 2.08. The number of nitrogens with zero attached hydrogens (tertiary/aromatic N) is 2. The first-order valence-corrected chi connectivity index (χ1v) is 9.40. The van der Waals surface area contributed by atoms with Gasteiger partial charge in [-0.3, -0.25) is 4.79 Å². The van der Waals surface area contributed by atoms with Crippen LogP contribution in [0.15, 0.2) is 59.6 Å². The first-order valence-electron chi connectivity index (χ1n) is 8.42. The van der Waals surface area contributed by atoms with Crippen LogP contribution in [0.5, 0.6) is 0 Å². The van der Waals surface area contributed by atoms with Crippen molar-refractivity contribution in [3.05, 3.63) is 71.3 Å². The molecule has 1 aromatic heterocycles. The molecule has 0 aliphatic rings. The average Bonchev–Trinajstić information content (AvgIpc) is 2.61. The minimum Gasteiger partial charge on any atom is -0.325 e. The molecular formula is C21H21N3OS. The summed E-state index contributed by atoms with van der Waals surface area (Å²) in [4.78, 5) is 12.1. The number of nitrogens with one attached hydrogen (secondary N) is 1. The number of aromatic nitrogens is 2. The molecule has 0 saturated heterocycles. The fourth-order valence-corrected chi connectivity index (χ4v) is 3.32. The topological polar surface area (TPSA) is 54.9 Å². The maximum Gasteiger partial charge on any atom is 0.234 e. The van der Waals surface area contributed by atoms with E-state index in [0.717, 1.165) is 27.5 Å². The van der Waals surface area contributed by atoms with Crippen molar-refractivity contribution in [3.63, 3.8) is 0 Å². The van der Waals surface area contributed by atoms with Crippen molar-refractivity contribution in [1.29, 1.82) is 0 Å². The van der Waals surface area contributed by atoms with Crippen molar-refractivity contribution < 1.29 is 4.79 Å². The van der Waals surface area contributed by atoms with Gasteiger partial charge in [-0.25, -0.2) is 0 Å². The van der Waals surface area contributed by atoms with Crippen molar-refractivity contribution in [1.82, 2.24) is 10.2 Å². The average molecular weight is 363 g/mol. The molecule has 1 amide bonds. The smallest absolute Gasteiger partial charge is 0.234 e. The third-order valence-electron chi connectivity index (χ3n) is 3.95. The van der Waals surface area contributed by atoms with Gasteiger partial charge in [-0.15, -0.1) is 10.2 Å². The molecule has 0 radical (unpaired) electrons. The molecule has 132 valence electrons. The molecule has 2 aromatic carbocycles. The molecule has 0 saturated carbocycles. The first-order chi connectivity index (χ1) is 12.5. The number of anilines is 1. The minimum absolute atomic E-state index is 0.0548. The van der Waals surface area contributed by atoms with Crippen LogP contribution in [0, 0.1) is 20.8 Å². The number of carbonyl (C=O) groups is 1. The van der Waals surface area contributed by atoms with E-state index in [4.69, 9.17) is 0 Å². The Bertz CT molecular complexity index is 923. The van der Waals surface area contributed by atoms with Gasteiger partial charge in [-0.05, 0) is 56.2 Å². The summed E-state index contributed by atoms with van der Waals surface area (Å²) in [5.41, 5.74) is 6.26. The molecule has 0 spiro atoms. The van der Waals surface area contributed by atoms with E-state index >= 15 is 0 Å². The minimum atomic E-state index is -0.0548. The van der Waals surface area contributed by atoms with Gasteiger partial charge in [0.25, 0.3) is 0 Å². The number of hydrogen-bond donors (Lipinski definition) is 1. The Morgan fingerprint density at radius 1 is 0.962 bits per heavy atom. The standard InChI is InChI=1S/C21H21N3OS/c1-14-5-4-6-17(12-14)22-20(25)13-26-21-10-9-19(23-24-21)18-8-7-15(2)11-16(18)3/h4-12H,13H2,1-3H3,(H,22,25). The quantitative estimate of drug-likeness (QED) is 0.662. The van der Waals surface area contributed by atoms with E-state index in [1.807, 2.05) is 43.3 Å². The molecule has 0 aliphatic heterocycles. The highest BCUT2D eigenvalue weighted by molar-refractivity contribution is 7.99. The Hall–Kier alpha value is -2.66. The summed E-state index contributed by atoms with van der Waals surface area (Å²) in [7, 11) is 0. The van der Waals surface area contributed by atoms with Crippen LogP contribution < -0.4 is 5.32 Å². The van der Waals surface area contributed by atoms with Crippen LogP contribution >= 0.6 is 11.8 Å². The molecule has 0 bridgehead atoms. The van der Waals surface area contributed by atoms with Crippen molar-refractivity contribution >= 4 is 23.4 Å². The Morgan fingerprint density at radius 3 is 2.46 bits per heavy atom. The van der Waals surface area contributed by atoms with Crippen LogP contribution in [0.4, 0.5) is 5.69 Å². The van der Waals surface area contributed by atoms with Crippen LogP contribution in [0.1, 0.15) is 16.7 Å². The zero-order valence-electron chi connectivity index (χ0n) is 15.1. The summed E-state index contributed by atoms with van der Waals surface area (Å²) in [6.07, 6.45) is 0. The van der Waals surface area contributed by atoms with Gasteiger partial charge in [0, 0.05) is 11.3 Å². The Labute approximate surface area is 158 Å². The zero-order valence-corrected chi connectivity index (χ0v) is 15.9. The van der Waals surface area contributed by atoms with Gasteiger partial charge < -0.3 is 5.32 Å². The SMILES string of the molecule is Cc1cccc(NC(=O)CSc2ccc(-c3ccc(C)cc3C)nn2)c1. The third kappa shape index (κ3) is 4.70. The van der Waals surface area contributed by atoms with E-state index in [1.165, 1.54) is 22.9 Å². The summed E-state index contributed by atoms with van der Waals surface area (Å²) in [6, 6.07) is 17.9. The lowest BCUT2D eigenvalue weighted by Crippen LogP contribution is -2.14. The summed E-state index contributed by atoms with van der Waals surface area (Å²) >= 11 is 1.38. The summed E-state index contributed by atoms with van der Waals surface area (Å²) in [6.45, 7) is 6.14. The van der Waals surface area contributed by atoms with Gasteiger partial charge in [0.2, 0.25) is 5.91 Å². The number of rotatable bonds is 5. The van der Waals surface area contributed by atoms with Crippen LogP contribution in [0.2, 0.25) is 0 Å². The highest BCUT2D eigenvalue weighted by atomic mass is 32.2. The Morgan fingerprint density at radius 2 is 1.77 bits per heavy atom. The van der Waals surface area contributed by atoms with Gasteiger partial charge >= 0.3 is 0 Å². The summed E-state index contributed by atoms with van der Waals surface area (Å²) in [5.74, 6) is 0.242. The van der Waals surface area contributed by atoms with Gasteiger partial charge in [-0.2, -0.15) is 0 Å². The number of thioether (sulfide) groups is 1. The second-order valence-electron chi connectivity index (χ2n) is 6.28. The van der Waals surface area contributed by atoms with Crippen LogP contribution in [0.25, 0.3) is 11.3 Å². The maximum absolute atomic E-state index is 12.1. The molecule has 0 atom stereocenters. The molecule has 0 unspecified atom stereocenters. The zero-order chi connectivity index (χ0) is 18.5. The lowest BCUT2D eigenvalue weighted by atomic mass is 10.0. The second-order valence-corrected chi connectivity index (χ2v) is 7.28. The van der Waals surface area contributed by atoms with Crippen molar-refractivity contribution in [2.75, 3.05) is 11.1 Å². The molecule has 4 nitrogen and oxygen atoms in total. The molecule has 5 heteroatoms. The third-order valence-corrected chi connectivity index (χ3v) is 4.87.